The van der Waals surface area contributed by atoms with Gasteiger partial charge in [-0.15, -0.1) is 0 Å². The third-order valence-corrected chi connectivity index (χ3v) is 4.26. The smallest absolute Gasteiger partial charge is 0.180 e. The maximum Gasteiger partial charge on any atom is 0.180 e. The third kappa shape index (κ3) is 2.94. The van der Waals surface area contributed by atoms with Crippen molar-refractivity contribution < 1.29 is 4.74 Å². The van der Waals surface area contributed by atoms with Crippen molar-refractivity contribution in [1.82, 2.24) is 24.7 Å². The number of nitrogens with zero attached hydrogens (tertiary/aromatic N) is 6. The highest BCUT2D eigenvalue weighted by molar-refractivity contribution is 5.71. The normalized spacial score (nSPS) is 18.2. The maximum absolute atomic E-state index is 5.93. The molecule has 0 aromatic carbocycles. The van der Waals surface area contributed by atoms with Gasteiger partial charge in [-0.3, -0.25) is 9.67 Å². The van der Waals surface area contributed by atoms with Crippen molar-refractivity contribution in [1.29, 1.82) is 0 Å². The first-order valence-electron chi connectivity index (χ1n) is 8.14. The molecule has 24 heavy (non-hydrogen) atoms. The van der Waals surface area contributed by atoms with Gasteiger partial charge in [-0.2, -0.15) is 5.10 Å². The Morgan fingerprint density at radius 2 is 2.08 bits per heavy atom. The topological polar surface area (TPSA) is 69.0 Å². The van der Waals surface area contributed by atoms with Crippen LogP contribution in [0.3, 0.4) is 0 Å². The molecule has 0 aliphatic carbocycles. The van der Waals surface area contributed by atoms with Crippen LogP contribution < -0.4 is 4.90 Å². The fourth-order valence-electron chi connectivity index (χ4n) is 3.11. The third-order valence-electron chi connectivity index (χ3n) is 4.26. The monoisotopic (exact) mass is 324 g/mol. The summed E-state index contributed by atoms with van der Waals surface area (Å²) in [6.07, 6.45) is 3.45. The first kappa shape index (κ1) is 15.0. The molecule has 1 aliphatic heterocycles. The number of fused-ring (bicyclic) bond motifs is 1. The van der Waals surface area contributed by atoms with Crippen LogP contribution in [0.1, 0.15) is 11.4 Å². The zero-order chi connectivity index (χ0) is 16.5. The van der Waals surface area contributed by atoms with E-state index < -0.39 is 0 Å². The summed E-state index contributed by atoms with van der Waals surface area (Å²) in [6.45, 7) is 7.14. The summed E-state index contributed by atoms with van der Waals surface area (Å²) >= 11 is 0. The second-order valence-electron chi connectivity index (χ2n) is 6.12. The lowest BCUT2D eigenvalue weighted by Gasteiger charge is -2.33. The Balaban J connectivity index is 1.52. The Hall–Kier alpha value is -2.54. The maximum atomic E-state index is 5.93. The first-order valence-corrected chi connectivity index (χ1v) is 8.14. The van der Waals surface area contributed by atoms with Crippen LogP contribution >= 0.6 is 0 Å². The molecule has 0 N–H and O–H groups in total. The highest BCUT2D eigenvalue weighted by Crippen LogP contribution is 2.19. The molecule has 0 bridgehead atoms. The molecule has 0 spiro atoms. The Morgan fingerprint density at radius 1 is 1.21 bits per heavy atom. The molecule has 7 nitrogen and oxygen atoms in total. The zero-order valence-electron chi connectivity index (χ0n) is 13.9. The van der Waals surface area contributed by atoms with E-state index in [1.54, 1.807) is 12.4 Å². The van der Waals surface area contributed by atoms with Crippen molar-refractivity contribution in [2.24, 2.45) is 0 Å². The Kier molecular flexibility index (Phi) is 3.86. The standard InChI is InChI=1S/C17H20N6O/c1-12-9-13(2)23(21-12)11-14-10-22(7-8-24-14)16-4-3-15-17(20-16)19-6-5-18-15/h3-6,9,14H,7-8,10-11H2,1-2H3. The molecular weight excluding hydrogens is 304 g/mol. The number of aryl methyl sites for hydroxylation is 2. The largest absolute Gasteiger partial charge is 0.373 e. The predicted octanol–water partition coefficient (Wildman–Crippen LogP) is 1.74. The number of anilines is 1. The van der Waals surface area contributed by atoms with Crippen LogP contribution in [-0.2, 0) is 11.3 Å². The van der Waals surface area contributed by atoms with Gasteiger partial charge in [-0.25, -0.2) is 9.97 Å². The second-order valence-corrected chi connectivity index (χ2v) is 6.12. The van der Waals surface area contributed by atoms with Crippen LogP contribution in [-0.4, -0.2) is 50.5 Å². The van der Waals surface area contributed by atoms with Gasteiger partial charge in [0.05, 0.1) is 24.9 Å². The molecule has 1 atom stereocenters. The van der Waals surface area contributed by atoms with Gasteiger partial charge in [0.25, 0.3) is 0 Å². The molecule has 1 fully saturated rings. The molecule has 1 saturated heterocycles. The van der Waals surface area contributed by atoms with Crippen LogP contribution in [0.15, 0.2) is 30.6 Å². The van der Waals surface area contributed by atoms with E-state index in [0.717, 1.165) is 42.4 Å². The van der Waals surface area contributed by atoms with Gasteiger partial charge in [0.15, 0.2) is 5.65 Å². The van der Waals surface area contributed by atoms with E-state index in [9.17, 15) is 0 Å². The minimum atomic E-state index is 0.0936. The number of morpholine rings is 1. The molecule has 4 rings (SSSR count). The van der Waals surface area contributed by atoms with Gasteiger partial charge in [-0.05, 0) is 32.0 Å². The predicted molar refractivity (Wildman–Crippen MR) is 91.0 cm³/mol. The van der Waals surface area contributed by atoms with Gasteiger partial charge in [0, 0.05) is 31.2 Å². The summed E-state index contributed by atoms with van der Waals surface area (Å²) in [4.78, 5) is 15.4. The fourth-order valence-corrected chi connectivity index (χ4v) is 3.11. The minimum Gasteiger partial charge on any atom is -0.373 e. The highest BCUT2D eigenvalue weighted by atomic mass is 16.5. The molecule has 4 heterocycles. The average molecular weight is 324 g/mol. The second kappa shape index (κ2) is 6.16. The van der Waals surface area contributed by atoms with Crippen molar-refractivity contribution in [2.45, 2.75) is 26.5 Å². The lowest BCUT2D eigenvalue weighted by atomic mass is 10.2. The van der Waals surface area contributed by atoms with E-state index in [4.69, 9.17) is 4.74 Å². The van der Waals surface area contributed by atoms with Crippen molar-refractivity contribution in [2.75, 3.05) is 24.6 Å². The minimum absolute atomic E-state index is 0.0936. The number of hydrogen-bond acceptors (Lipinski definition) is 6. The molecule has 0 saturated carbocycles. The van der Waals surface area contributed by atoms with Gasteiger partial charge < -0.3 is 9.64 Å². The van der Waals surface area contributed by atoms with Crippen LogP contribution in [0.5, 0.6) is 0 Å². The Morgan fingerprint density at radius 3 is 2.92 bits per heavy atom. The summed E-state index contributed by atoms with van der Waals surface area (Å²) in [5, 5.41) is 4.53. The number of rotatable bonds is 3. The summed E-state index contributed by atoms with van der Waals surface area (Å²) in [5.74, 6) is 0.921. The molecule has 124 valence electrons. The van der Waals surface area contributed by atoms with Crippen molar-refractivity contribution in [3.05, 3.63) is 42.0 Å². The quantitative estimate of drug-likeness (QED) is 0.731. The van der Waals surface area contributed by atoms with E-state index >= 15 is 0 Å². The van der Waals surface area contributed by atoms with Gasteiger partial charge >= 0.3 is 0 Å². The summed E-state index contributed by atoms with van der Waals surface area (Å²) in [6, 6.07) is 6.06. The Bertz CT molecular complexity index is 861. The van der Waals surface area contributed by atoms with Crippen LogP contribution in [0.25, 0.3) is 11.2 Å². The SMILES string of the molecule is Cc1cc(C)n(CC2CN(c3ccc4nccnc4n3)CCO2)n1. The van der Waals surface area contributed by atoms with E-state index in [1.165, 1.54) is 0 Å². The van der Waals surface area contributed by atoms with E-state index in [1.807, 2.05) is 23.7 Å². The molecule has 0 radical (unpaired) electrons. The highest BCUT2D eigenvalue weighted by Gasteiger charge is 2.23. The van der Waals surface area contributed by atoms with Crippen LogP contribution in [0.2, 0.25) is 0 Å². The zero-order valence-corrected chi connectivity index (χ0v) is 13.9. The first-order chi connectivity index (χ1) is 11.7. The summed E-state index contributed by atoms with van der Waals surface area (Å²) in [7, 11) is 0. The molecule has 3 aromatic rings. The van der Waals surface area contributed by atoms with Crippen LogP contribution in [0, 0.1) is 13.8 Å². The summed E-state index contributed by atoms with van der Waals surface area (Å²) < 4.78 is 7.94. The molecule has 7 heteroatoms. The van der Waals surface area contributed by atoms with E-state index in [-0.39, 0.29) is 6.10 Å². The van der Waals surface area contributed by atoms with Gasteiger partial charge in [-0.1, -0.05) is 0 Å². The van der Waals surface area contributed by atoms with E-state index in [0.29, 0.717) is 12.3 Å². The molecule has 3 aromatic heterocycles. The molecule has 0 amide bonds. The fraction of sp³-hybridized carbons (Fsp3) is 0.412. The molecule has 1 unspecified atom stereocenters. The molecular formula is C17H20N6O. The lowest BCUT2D eigenvalue weighted by Crippen LogP contribution is -2.44. The van der Waals surface area contributed by atoms with Crippen molar-refractivity contribution >= 4 is 17.0 Å². The average Bonchev–Trinajstić information content (AvgIpc) is 2.92. The summed E-state index contributed by atoms with van der Waals surface area (Å²) in [5.41, 5.74) is 3.69. The number of pyridine rings is 1. The van der Waals surface area contributed by atoms with Gasteiger partial charge in [0.1, 0.15) is 11.3 Å². The van der Waals surface area contributed by atoms with Crippen LogP contribution in [0.4, 0.5) is 5.82 Å². The lowest BCUT2D eigenvalue weighted by molar-refractivity contribution is 0.0268. The number of hydrogen-bond donors (Lipinski definition) is 0. The number of aromatic nitrogens is 5. The van der Waals surface area contributed by atoms with E-state index in [2.05, 4.69) is 37.9 Å². The number of ether oxygens (including phenoxy) is 1. The Labute approximate surface area is 140 Å². The molecule has 1 aliphatic rings. The van der Waals surface area contributed by atoms with Crippen molar-refractivity contribution in [3.8, 4) is 0 Å². The van der Waals surface area contributed by atoms with Crippen molar-refractivity contribution in [3.63, 3.8) is 0 Å². The van der Waals surface area contributed by atoms with Gasteiger partial charge in [0.2, 0.25) is 0 Å².